The summed E-state index contributed by atoms with van der Waals surface area (Å²) in [6.45, 7) is 1.22. The molecule has 2 heterocycles. The number of para-hydroxylation sites is 2. The first-order chi connectivity index (χ1) is 12.8. The summed E-state index contributed by atoms with van der Waals surface area (Å²) in [6, 6.07) is 7.79. The Hall–Kier alpha value is -2.45. The predicted molar refractivity (Wildman–Crippen MR) is 101 cm³/mol. The first-order valence-corrected chi connectivity index (χ1v) is 9.23. The van der Waals surface area contributed by atoms with Gasteiger partial charge in [0, 0.05) is 0 Å². The number of benzene rings is 1. The van der Waals surface area contributed by atoms with Crippen LogP contribution in [0.1, 0.15) is 26.6 Å². The van der Waals surface area contributed by atoms with Crippen LogP contribution in [0.15, 0.2) is 35.7 Å². The SMILES string of the molecule is Cc1nn(Cc2csc(C(=O)Nc3ccccc3OC(F)F)c2)c(C)c1Cl. The molecule has 0 aliphatic carbocycles. The van der Waals surface area contributed by atoms with Crippen LogP contribution >= 0.6 is 22.9 Å². The summed E-state index contributed by atoms with van der Waals surface area (Å²) < 4.78 is 31.2. The standard InChI is InChI=1S/C18H16ClF2N3O2S/c1-10-16(19)11(2)24(23-10)8-12-7-15(27-9-12)17(25)22-13-5-3-4-6-14(13)26-18(20)21/h3-7,9,18H,8H2,1-2H3,(H,22,25). The van der Waals surface area contributed by atoms with Gasteiger partial charge in [-0.3, -0.25) is 9.48 Å². The van der Waals surface area contributed by atoms with Crippen LogP contribution in [-0.2, 0) is 6.54 Å². The van der Waals surface area contributed by atoms with Gasteiger partial charge in [0.25, 0.3) is 5.91 Å². The van der Waals surface area contributed by atoms with E-state index in [4.69, 9.17) is 11.6 Å². The Morgan fingerprint density at radius 1 is 1.37 bits per heavy atom. The second-order valence-corrected chi connectivity index (χ2v) is 7.08. The third-order valence-electron chi connectivity index (χ3n) is 3.85. The summed E-state index contributed by atoms with van der Waals surface area (Å²) in [7, 11) is 0. The van der Waals surface area contributed by atoms with E-state index in [-0.39, 0.29) is 11.4 Å². The number of nitrogens with zero attached hydrogens (tertiary/aromatic N) is 2. The Labute approximate surface area is 163 Å². The molecule has 3 rings (SSSR count). The summed E-state index contributed by atoms with van der Waals surface area (Å²) in [4.78, 5) is 12.9. The van der Waals surface area contributed by atoms with Gasteiger partial charge in [0.15, 0.2) is 0 Å². The van der Waals surface area contributed by atoms with Crippen molar-refractivity contribution in [2.45, 2.75) is 27.0 Å². The van der Waals surface area contributed by atoms with Crippen molar-refractivity contribution in [3.63, 3.8) is 0 Å². The maximum atomic E-state index is 12.5. The van der Waals surface area contributed by atoms with E-state index in [1.54, 1.807) is 22.9 Å². The third-order valence-corrected chi connectivity index (χ3v) is 5.38. The molecular weight excluding hydrogens is 396 g/mol. The third kappa shape index (κ3) is 4.45. The monoisotopic (exact) mass is 411 g/mol. The zero-order valence-electron chi connectivity index (χ0n) is 14.5. The highest BCUT2D eigenvalue weighted by Crippen LogP contribution is 2.27. The van der Waals surface area contributed by atoms with Crippen molar-refractivity contribution >= 4 is 34.5 Å². The fourth-order valence-electron chi connectivity index (χ4n) is 2.53. The number of alkyl halides is 2. The molecule has 5 nitrogen and oxygen atoms in total. The molecule has 1 amide bonds. The van der Waals surface area contributed by atoms with Gasteiger partial charge in [-0.1, -0.05) is 23.7 Å². The average molecular weight is 412 g/mol. The second kappa shape index (κ2) is 8.06. The Morgan fingerprint density at radius 3 is 2.78 bits per heavy atom. The topological polar surface area (TPSA) is 56.2 Å². The summed E-state index contributed by atoms with van der Waals surface area (Å²) in [5.41, 5.74) is 2.68. The first-order valence-electron chi connectivity index (χ1n) is 7.97. The molecule has 0 spiro atoms. The Bertz CT molecular complexity index is 971. The average Bonchev–Trinajstić information content (AvgIpc) is 3.18. The van der Waals surface area contributed by atoms with Crippen molar-refractivity contribution in [3.8, 4) is 5.75 Å². The van der Waals surface area contributed by atoms with Crippen LogP contribution in [0.5, 0.6) is 5.75 Å². The zero-order valence-corrected chi connectivity index (χ0v) is 16.1. The molecule has 0 saturated carbocycles. The fraction of sp³-hybridized carbons (Fsp3) is 0.222. The van der Waals surface area contributed by atoms with E-state index in [1.165, 1.54) is 23.5 Å². The quantitative estimate of drug-likeness (QED) is 0.612. The number of amides is 1. The molecular formula is C18H16ClF2N3O2S. The molecule has 0 aliphatic heterocycles. The van der Waals surface area contributed by atoms with E-state index in [0.29, 0.717) is 16.4 Å². The number of rotatable bonds is 6. The number of aromatic nitrogens is 2. The first kappa shape index (κ1) is 19.3. The predicted octanol–water partition coefficient (Wildman–Crippen LogP) is 5.12. The van der Waals surface area contributed by atoms with Gasteiger partial charge in [-0.2, -0.15) is 13.9 Å². The van der Waals surface area contributed by atoms with E-state index >= 15 is 0 Å². The summed E-state index contributed by atoms with van der Waals surface area (Å²) >= 11 is 7.41. The lowest BCUT2D eigenvalue weighted by atomic mass is 10.2. The van der Waals surface area contributed by atoms with Gasteiger partial charge in [-0.05, 0) is 43.0 Å². The number of hydrogen-bond acceptors (Lipinski definition) is 4. The van der Waals surface area contributed by atoms with E-state index in [2.05, 4.69) is 15.2 Å². The molecule has 1 N–H and O–H groups in total. The molecule has 0 atom stereocenters. The van der Waals surface area contributed by atoms with Gasteiger partial charge in [0.2, 0.25) is 0 Å². The van der Waals surface area contributed by atoms with Gasteiger partial charge in [-0.25, -0.2) is 0 Å². The molecule has 0 aliphatic rings. The van der Waals surface area contributed by atoms with Gasteiger partial charge >= 0.3 is 6.61 Å². The number of carbonyl (C=O) groups is 1. The Balaban J connectivity index is 1.73. The maximum absolute atomic E-state index is 12.5. The second-order valence-electron chi connectivity index (χ2n) is 5.79. The number of ether oxygens (including phenoxy) is 1. The van der Waals surface area contributed by atoms with Crippen LogP contribution in [-0.4, -0.2) is 22.3 Å². The molecule has 0 radical (unpaired) electrons. The molecule has 1 aromatic carbocycles. The van der Waals surface area contributed by atoms with Gasteiger partial charge in [0.05, 0.1) is 33.5 Å². The lowest BCUT2D eigenvalue weighted by Gasteiger charge is -2.10. The summed E-state index contributed by atoms with van der Waals surface area (Å²) in [6.07, 6.45) is 0. The fourth-order valence-corrected chi connectivity index (χ4v) is 3.47. The molecule has 9 heteroatoms. The Kier molecular flexibility index (Phi) is 5.76. The largest absolute Gasteiger partial charge is 0.433 e. The highest BCUT2D eigenvalue weighted by Gasteiger charge is 2.15. The normalized spacial score (nSPS) is 11.0. The van der Waals surface area contributed by atoms with E-state index in [0.717, 1.165) is 17.0 Å². The van der Waals surface area contributed by atoms with E-state index < -0.39 is 12.5 Å². The molecule has 2 aromatic heterocycles. The van der Waals surface area contributed by atoms with Crippen LogP contribution in [0.3, 0.4) is 0 Å². The summed E-state index contributed by atoms with van der Waals surface area (Å²) in [5.74, 6) is -0.488. The number of aryl methyl sites for hydroxylation is 1. The van der Waals surface area contributed by atoms with Gasteiger partial charge < -0.3 is 10.1 Å². The van der Waals surface area contributed by atoms with Crippen LogP contribution in [0, 0.1) is 13.8 Å². The molecule has 0 fully saturated rings. The minimum absolute atomic E-state index is 0.0880. The minimum atomic E-state index is -2.97. The lowest BCUT2D eigenvalue weighted by molar-refractivity contribution is -0.0493. The van der Waals surface area contributed by atoms with Crippen molar-refractivity contribution in [1.29, 1.82) is 0 Å². The van der Waals surface area contributed by atoms with Gasteiger partial charge in [-0.15, -0.1) is 11.3 Å². The van der Waals surface area contributed by atoms with E-state index in [1.807, 2.05) is 19.2 Å². The van der Waals surface area contributed by atoms with Crippen molar-refractivity contribution in [2.75, 3.05) is 5.32 Å². The Morgan fingerprint density at radius 2 is 2.11 bits per heavy atom. The van der Waals surface area contributed by atoms with Crippen LogP contribution in [0.25, 0.3) is 0 Å². The number of thiophene rings is 1. The number of halogens is 3. The number of anilines is 1. The molecule has 27 heavy (non-hydrogen) atoms. The number of hydrogen-bond donors (Lipinski definition) is 1. The molecule has 0 unspecified atom stereocenters. The number of nitrogens with one attached hydrogen (secondary N) is 1. The van der Waals surface area contributed by atoms with Crippen molar-refractivity contribution in [3.05, 3.63) is 62.6 Å². The highest BCUT2D eigenvalue weighted by molar-refractivity contribution is 7.12. The summed E-state index contributed by atoms with van der Waals surface area (Å²) in [5, 5.41) is 9.44. The van der Waals surface area contributed by atoms with Crippen LogP contribution in [0.2, 0.25) is 5.02 Å². The maximum Gasteiger partial charge on any atom is 0.387 e. The van der Waals surface area contributed by atoms with Crippen LogP contribution < -0.4 is 10.1 Å². The van der Waals surface area contributed by atoms with Crippen molar-refractivity contribution in [2.24, 2.45) is 0 Å². The molecule has 0 bridgehead atoms. The van der Waals surface area contributed by atoms with Crippen molar-refractivity contribution < 1.29 is 18.3 Å². The highest BCUT2D eigenvalue weighted by atomic mass is 35.5. The molecule has 3 aromatic rings. The van der Waals surface area contributed by atoms with Crippen LogP contribution in [0.4, 0.5) is 14.5 Å². The van der Waals surface area contributed by atoms with Crippen molar-refractivity contribution in [1.82, 2.24) is 9.78 Å². The minimum Gasteiger partial charge on any atom is -0.433 e. The zero-order chi connectivity index (χ0) is 19.6. The van der Waals surface area contributed by atoms with E-state index in [9.17, 15) is 13.6 Å². The van der Waals surface area contributed by atoms with Gasteiger partial charge in [0.1, 0.15) is 5.75 Å². The molecule has 142 valence electrons. The smallest absolute Gasteiger partial charge is 0.387 e. The number of carbonyl (C=O) groups excluding carboxylic acids is 1. The lowest BCUT2D eigenvalue weighted by Crippen LogP contribution is -2.12. The molecule has 0 saturated heterocycles.